The Bertz CT molecular complexity index is 1100. The van der Waals surface area contributed by atoms with Crippen molar-refractivity contribution in [2.75, 3.05) is 0 Å². The van der Waals surface area contributed by atoms with Gasteiger partial charge in [-0.05, 0) is 36.4 Å². The van der Waals surface area contributed by atoms with Crippen molar-refractivity contribution in [1.29, 1.82) is 0 Å². The number of nitrogens with two attached hydrogens (primary N) is 1. The molecule has 0 atom stereocenters. The second-order valence-corrected chi connectivity index (χ2v) is 8.73. The number of sulfonamides is 1. The maximum Gasteiger partial charge on any atom is 0.241 e. The van der Waals surface area contributed by atoms with E-state index in [1.807, 2.05) is 6.07 Å². The highest BCUT2D eigenvalue weighted by molar-refractivity contribution is 9.11. The summed E-state index contributed by atoms with van der Waals surface area (Å²) in [7, 11) is -4.37. The summed E-state index contributed by atoms with van der Waals surface area (Å²) < 4.78 is 53.1. The maximum absolute atomic E-state index is 14.6. The molecule has 2 N–H and O–H groups in total. The lowest BCUT2D eigenvalue weighted by molar-refractivity contribution is 0.555. The van der Waals surface area contributed by atoms with E-state index in [1.165, 1.54) is 6.20 Å². The van der Waals surface area contributed by atoms with Crippen LogP contribution in [0.3, 0.4) is 0 Å². The number of nitrogens with zero attached hydrogens (tertiary/aromatic N) is 1. The van der Waals surface area contributed by atoms with Crippen molar-refractivity contribution in [3.8, 4) is 22.4 Å². The Kier molecular flexibility index (Phi) is 5.25. The summed E-state index contributed by atoms with van der Waals surface area (Å²) in [6, 6.07) is 9.93. The third-order valence-electron chi connectivity index (χ3n) is 3.56. The van der Waals surface area contributed by atoms with E-state index in [0.29, 0.717) is 22.9 Å². The lowest BCUT2D eigenvalue weighted by Gasteiger charge is -2.12. The molecule has 3 aromatic rings. The lowest BCUT2D eigenvalue weighted by atomic mass is 9.99. The highest BCUT2D eigenvalue weighted by Gasteiger charge is 2.21. The minimum Gasteiger partial charge on any atom is -0.256 e. The lowest BCUT2D eigenvalue weighted by Crippen LogP contribution is -2.14. The molecule has 0 bridgehead atoms. The summed E-state index contributed by atoms with van der Waals surface area (Å²) in [5.41, 5.74) is 1.28. The summed E-state index contributed by atoms with van der Waals surface area (Å²) in [5.74, 6) is -2.05. The summed E-state index contributed by atoms with van der Waals surface area (Å²) in [5, 5.41) is 4.91. The van der Waals surface area contributed by atoms with Gasteiger partial charge in [0, 0.05) is 31.8 Å². The smallest absolute Gasteiger partial charge is 0.241 e. The summed E-state index contributed by atoms with van der Waals surface area (Å²) in [6.07, 6.45) is 1.53. The van der Waals surface area contributed by atoms with E-state index in [-0.39, 0.29) is 5.56 Å². The molecule has 134 valence electrons. The second-order valence-electron chi connectivity index (χ2n) is 5.37. The van der Waals surface area contributed by atoms with Crippen LogP contribution in [0.5, 0.6) is 0 Å². The summed E-state index contributed by atoms with van der Waals surface area (Å²) in [4.78, 5) is 3.38. The highest BCUT2D eigenvalue weighted by atomic mass is 79.9. The molecule has 0 unspecified atom stereocenters. The first-order valence-electron chi connectivity index (χ1n) is 7.10. The van der Waals surface area contributed by atoms with E-state index in [1.54, 1.807) is 24.3 Å². The van der Waals surface area contributed by atoms with Crippen LogP contribution in [-0.4, -0.2) is 13.4 Å². The maximum atomic E-state index is 14.6. The molecule has 0 saturated heterocycles. The molecule has 4 nitrogen and oxygen atoms in total. The van der Waals surface area contributed by atoms with Crippen molar-refractivity contribution < 1.29 is 17.2 Å². The van der Waals surface area contributed by atoms with Gasteiger partial charge in [-0.25, -0.2) is 22.3 Å². The fourth-order valence-electron chi connectivity index (χ4n) is 2.50. The van der Waals surface area contributed by atoms with Crippen molar-refractivity contribution in [3.63, 3.8) is 0 Å². The highest BCUT2D eigenvalue weighted by Crippen LogP contribution is 2.35. The van der Waals surface area contributed by atoms with Gasteiger partial charge in [0.2, 0.25) is 10.0 Å². The average Bonchev–Trinajstić information content (AvgIpc) is 2.55. The van der Waals surface area contributed by atoms with E-state index in [4.69, 9.17) is 5.14 Å². The minimum absolute atomic E-state index is 0.117. The van der Waals surface area contributed by atoms with Crippen LogP contribution in [0, 0.1) is 11.6 Å². The van der Waals surface area contributed by atoms with E-state index in [9.17, 15) is 17.2 Å². The first kappa shape index (κ1) is 19.1. The molecule has 0 saturated carbocycles. The van der Waals surface area contributed by atoms with Crippen molar-refractivity contribution in [1.82, 2.24) is 4.98 Å². The van der Waals surface area contributed by atoms with Gasteiger partial charge in [0.05, 0.1) is 5.69 Å². The molecule has 0 aliphatic rings. The van der Waals surface area contributed by atoms with Gasteiger partial charge in [-0.1, -0.05) is 37.9 Å². The molecule has 0 amide bonds. The van der Waals surface area contributed by atoms with Crippen LogP contribution >= 0.6 is 31.9 Å². The van der Waals surface area contributed by atoms with Crippen molar-refractivity contribution in [2.45, 2.75) is 4.90 Å². The molecule has 3 rings (SSSR count). The predicted octanol–water partition coefficient (Wildman–Crippen LogP) is 4.87. The van der Waals surface area contributed by atoms with Crippen LogP contribution in [0.4, 0.5) is 8.78 Å². The standard InChI is InChI=1S/C17H10Br2F2N2O2S/c18-10-4-9(5-11(19)6-10)17-12(2-1-3-23-17)13-7-15(21)16(8-14(13)20)26(22,24)25/h1-8H,(H2,22,24,25). The minimum atomic E-state index is -4.37. The van der Waals surface area contributed by atoms with E-state index < -0.39 is 26.6 Å². The third kappa shape index (κ3) is 3.85. The molecule has 2 aromatic carbocycles. The number of primary sulfonamides is 1. The van der Waals surface area contributed by atoms with Gasteiger partial charge in [0.1, 0.15) is 16.5 Å². The van der Waals surface area contributed by atoms with Crippen molar-refractivity contribution >= 4 is 41.9 Å². The summed E-state index contributed by atoms with van der Waals surface area (Å²) >= 11 is 6.75. The van der Waals surface area contributed by atoms with Gasteiger partial charge in [0.25, 0.3) is 0 Å². The van der Waals surface area contributed by atoms with Crippen LogP contribution in [-0.2, 0) is 10.0 Å². The fraction of sp³-hybridized carbons (Fsp3) is 0. The number of pyridine rings is 1. The zero-order valence-electron chi connectivity index (χ0n) is 12.9. The zero-order valence-corrected chi connectivity index (χ0v) is 16.9. The molecular weight excluding hydrogens is 494 g/mol. The molecule has 0 spiro atoms. The topological polar surface area (TPSA) is 73.1 Å². The molecule has 9 heteroatoms. The Hall–Kier alpha value is -1.68. The Morgan fingerprint density at radius 2 is 1.58 bits per heavy atom. The molecule has 0 aliphatic carbocycles. The molecule has 26 heavy (non-hydrogen) atoms. The van der Waals surface area contributed by atoms with E-state index in [0.717, 1.165) is 15.0 Å². The van der Waals surface area contributed by atoms with Crippen molar-refractivity contribution in [2.24, 2.45) is 5.14 Å². The van der Waals surface area contributed by atoms with Crippen LogP contribution in [0.1, 0.15) is 0 Å². The Balaban J connectivity index is 2.25. The van der Waals surface area contributed by atoms with Crippen LogP contribution < -0.4 is 5.14 Å². The SMILES string of the molecule is NS(=O)(=O)c1cc(F)c(-c2cccnc2-c2cc(Br)cc(Br)c2)cc1F. The van der Waals surface area contributed by atoms with Crippen LogP contribution in [0.2, 0.25) is 0 Å². The van der Waals surface area contributed by atoms with E-state index >= 15 is 0 Å². The first-order chi connectivity index (χ1) is 12.2. The number of halogens is 4. The monoisotopic (exact) mass is 502 g/mol. The van der Waals surface area contributed by atoms with Gasteiger partial charge >= 0.3 is 0 Å². The van der Waals surface area contributed by atoms with Crippen molar-refractivity contribution in [3.05, 3.63) is 69.2 Å². The number of hydrogen-bond donors (Lipinski definition) is 1. The molecule has 0 radical (unpaired) electrons. The quantitative estimate of drug-likeness (QED) is 0.554. The number of aromatic nitrogens is 1. The van der Waals surface area contributed by atoms with E-state index in [2.05, 4.69) is 36.8 Å². The second kappa shape index (κ2) is 7.15. The van der Waals surface area contributed by atoms with Crippen LogP contribution in [0.15, 0.2) is 62.5 Å². The molecule has 0 aliphatic heterocycles. The zero-order chi connectivity index (χ0) is 19.1. The van der Waals surface area contributed by atoms with Gasteiger partial charge in [-0.15, -0.1) is 0 Å². The fourth-order valence-corrected chi connectivity index (χ4v) is 4.39. The molecular formula is C17H10Br2F2N2O2S. The third-order valence-corrected chi connectivity index (χ3v) is 5.40. The number of hydrogen-bond acceptors (Lipinski definition) is 3. The Labute approximate surface area is 165 Å². The predicted molar refractivity (Wildman–Crippen MR) is 102 cm³/mol. The van der Waals surface area contributed by atoms with Gasteiger partial charge < -0.3 is 0 Å². The number of rotatable bonds is 3. The first-order valence-corrected chi connectivity index (χ1v) is 10.2. The summed E-state index contributed by atoms with van der Waals surface area (Å²) in [6.45, 7) is 0. The normalized spacial score (nSPS) is 11.6. The van der Waals surface area contributed by atoms with Crippen LogP contribution in [0.25, 0.3) is 22.4 Å². The molecule has 1 aromatic heterocycles. The van der Waals surface area contributed by atoms with Gasteiger partial charge in [-0.2, -0.15) is 0 Å². The molecule has 0 fully saturated rings. The van der Waals surface area contributed by atoms with Gasteiger partial charge in [0.15, 0.2) is 0 Å². The number of benzene rings is 2. The Morgan fingerprint density at radius 1 is 0.923 bits per heavy atom. The average molecular weight is 504 g/mol. The largest absolute Gasteiger partial charge is 0.256 e. The molecule has 1 heterocycles. The van der Waals surface area contributed by atoms with Gasteiger partial charge in [-0.3, -0.25) is 4.98 Å². The Morgan fingerprint density at radius 3 is 2.19 bits per heavy atom.